The van der Waals surface area contributed by atoms with E-state index in [-0.39, 0.29) is 24.5 Å². The van der Waals surface area contributed by atoms with Crippen LogP contribution in [0.5, 0.6) is 5.75 Å². The summed E-state index contributed by atoms with van der Waals surface area (Å²) in [5, 5.41) is 0. The molecule has 0 aliphatic carbocycles. The molecule has 4 rings (SSSR count). The third kappa shape index (κ3) is 6.66. The standard InChI is InChI=1S/C33H35NO3/c1-4-37-33(35)23-31(29-20-21-32(36-3)30(22-29)28-18-12-7-13-19-28)34(24-26-14-8-5-9-15-26)25(2)27-16-10-6-11-17-27/h5-22,25,31H,4,23-24H2,1-3H3. The quantitative estimate of drug-likeness (QED) is 0.201. The van der Waals surface area contributed by atoms with Crippen molar-refractivity contribution in [3.05, 3.63) is 126 Å². The minimum atomic E-state index is -0.206. The summed E-state index contributed by atoms with van der Waals surface area (Å²) >= 11 is 0. The molecule has 0 aliphatic heterocycles. The molecule has 4 aromatic rings. The summed E-state index contributed by atoms with van der Waals surface area (Å²) in [4.78, 5) is 15.3. The van der Waals surface area contributed by atoms with Crippen LogP contribution in [0.1, 0.15) is 49.0 Å². The highest BCUT2D eigenvalue weighted by molar-refractivity contribution is 5.73. The highest BCUT2D eigenvalue weighted by Gasteiger charge is 2.29. The van der Waals surface area contributed by atoms with E-state index in [9.17, 15) is 4.79 Å². The zero-order valence-corrected chi connectivity index (χ0v) is 21.8. The van der Waals surface area contributed by atoms with Gasteiger partial charge in [-0.05, 0) is 48.2 Å². The number of methoxy groups -OCH3 is 1. The summed E-state index contributed by atoms with van der Waals surface area (Å²) in [5.41, 5.74) is 5.51. The van der Waals surface area contributed by atoms with Crippen LogP contribution in [0, 0.1) is 0 Å². The first kappa shape index (κ1) is 26.2. The summed E-state index contributed by atoms with van der Waals surface area (Å²) < 4.78 is 11.2. The number of esters is 1. The van der Waals surface area contributed by atoms with Gasteiger partial charge >= 0.3 is 5.97 Å². The topological polar surface area (TPSA) is 38.8 Å². The van der Waals surface area contributed by atoms with Crippen molar-refractivity contribution in [1.82, 2.24) is 4.90 Å². The normalized spacial score (nSPS) is 12.6. The Bertz CT molecular complexity index is 1260. The molecule has 0 bridgehead atoms. The number of hydrogen-bond donors (Lipinski definition) is 0. The Morgan fingerprint density at radius 1 is 0.811 bits per heavy atom. The second-order valence-corrected chi connectivity index (χ2v) is 9.10. The van der Waals surface area contributed by atoms with Gasteiger partial charge in [0.25, 0.3) is 0 Å². The highest BCUT2D eigenvalue weighted by Crippen LogP contribution is 2.39. The lowest BCUT2D eigenvalue weighted by molar-refractivity contribution is -0.145. The lowest BCUT2D eigenvalue weighted by Crippen LogP contribution is -2.33. The predicted molar refractivity (Wildman–Crippen MR) is 149 cm³/mol. The van der Waals surface area contributed by atoms with Gasteiger partial charge in [0.1, 0.15) is 5.75 Å². The zero-order chi connectivity index (χ0) is 26.0. The number of rotatable bonds is 11. The molecule has 0 heterocycles. The minimum Gasteiger partial charge on any atom is -0.496 e. The Morgan fingerprint density at radius 3 is 2.05 bits per heavy atom. The van der Waals surface area contributed by atoms with Crippen LogP contribution >= 0.6 is 0 Å². The van der Waals surface area contributed by atoms with Crippen LogP contribution in [-0.4, -0.2) is 24.6 Å². The third-order valence-corrected chi connectivity index (χ3v) is 6.75. The lowest BCUT2D eigenvalue weighted by atomic mass is 9.93. The Labute approximate surface area is 220 Å². The molecular weight excluding hydrogens is 458 g/mol. The van der Waals surface area contributed by atoms with Crippen molar-refractivity contribution >= 4 is 5.97 Å². The first-order valence-electron chi connectivity index (χ1n) is 12.8. The van der Waals surface area contributed by atoms with E-state index in [4.69, 9.17) is 9.47 Å². The molecule has 0 spiro atoms. The number of benzene rings is 4. The van der Waals surface area contributed by atoms with Gasteiger partial charge < -0.3 is 9.47 Å². The van der Waals surface area contributed by atoms with Crippen molar-refractivity contribution in [2.75, 3.05) is 13.7 Å². The molecule has 190 valence electrons. The first-order valence-corrected chi connectivity index (χ1v) is 12.8. The molecule has 0 saturated heterocycles. The molecular formula is C33H35NO3. The number of hydrogen-bond acceptors (Lipinski definition) is 4. The lowest BCUT2D eigenvalue weighted by Gasteiger charge is -2.37. The van der Waals surface area contributed by atoms with E-state index in [2.05, 4.69) is 84.6 Å². The highest BCUT2D eigenvalue weighted by atomic mass is 16.5. The van der Waals surface area contributed by atoms with Crippen LogP contribution in [0.25, 0.3) is 11.1 Å². The van der Waals surface area contributed by atoms with Gasteiger partial charge in [-0.2, -0.15) is 0 Å². The van der Waals surface area contributed by atoms with Gasteiger partial charge in [-0.3, -0.25) is 9.69 Å². The number of nitrogens with zero attached hydrogens (tertiary/aromatic N) is 1. The van der Waals surface area contributed by atoms with Gasteiger partial charge in [0.15, 0.2) is 0 Å². The van der Waals surface area contributed by atoms with E-state index in [1.54, 1.807) is 7.11 Å². The number of ether oxygens (including phenoxy) is 2. The van der Waals surface area contributed by atoms with Gasteiger partial charge in [-0.1, -0.05) is 97.1 Å². The molecule has 0 saturated carbocycles. The van der Waals surface area contributed by atoms with Gasteiger partial charge in [0.2, 0.25) is 0 Å². The summed E-state index contributed by atoms with van der Waals surface area (Å²) in [6, 6.07) is 37.2. The smallest absolute Gasteiger partial charge is 0.307 e. The van der Waals surface area contributed by atoms with Gasteiger partial charge in [-0.25, -0.2) is 0 Å². The SMILES string of the molecule is CCOC(=O)CC(c1ccc(OC)c(-c2ccccc2)c1)N(Cc1ccccc1)C(C)c1ccccc1. The van der Waals surface area contributed by atoms with Gasteiger partial charge in [0, 0.05) is 24.2 Å². The molecule has 0 aromatic heterocycles. The average Bonchev–Trinajstić information content (AvgIpc) is 2.96. The predicted octanol–water partition coefficient (Wildman–Crippen LogP) is 7.62. The van der Waals surface area contributed by atoms with Crippen LogP contribution in [-0.2, 0) is 16.1 Å². The monoisotopic (exact) mass is 493 g/mol. The van der Waals surface area contributed by atoms with Crippen molar-refractivity contribution in [1.29, 1.82) is 0 Å². The third-order valence-electron chi connectivity index (χ3n) is 6.75. The molecule has 0 N–H and O–H groups in total. The molecule has 37 heavy (non-hydrogen) atoms. The summed E-state index contributed by atoms with van der Waals surface area (Å²) in [5.74, 6) is 0.596. The van der Waals surface area contributed by atoms with Crippen molar-refractivity contribution in [3.63, 3.8) is 0 Å². The summed E-state index contributed by atoms with van der Waals surface area (Å²) in [6.45, 7) is 5.10. The average molecular weight is 494 g/mol. The van der Waals surface area contributed by atoms with Gasteiger partial charge in [-0.15, -0.1) is 0 Å². The van der Waals surface area contributed by atoms with E-state index in [1.165, 1.54) is 11.1 Å². The van der Waals surface area contributed by atoms with E-state index >= 15 is 0 Å². The molecule has 0 amide bonds. The molecule has 4 heteroatoms. The molecule has 2 atom stereocenters. The molecule has 0 aliphatic rings. The van der Waals surface area contributed by atoms with Crippen molar-refractivity contribution in [2.45, 2.75) is 38.9 Å². The van der Waals surface area contributed by atoms with Crippen molar-refractivity contribution in [2.24, 2.45) is 0 Å². The van der Waals surface area contributed by atoms with Crippen molar-refractivity contribution in [3.8, 4) is 16.9 Å². The fraction of sp³-hybridized carbons (Fsp3) is 0.242. The second-order valence-electron chi connectivity index (χ2n) is 9.10. The maximum Gasteiger partial charge on any atom is 0.307 e. The first-order chi connectivity index (χ1) is 18.1. The van der Waals surface area contributed by atoms with E-state index in [1.807, 2.05) is 43.3 Å². The molecule has 4 aromatic carbocycles. The van der Waals surface area contributed by atoms with Gasteiger partial charge in [0.05, 0.1) is 20.1 Å². The zero-order valence-electron chi connectivity index (χ0n) is 21.8. The Kier molecular flexibility index (Phi) is 9.12. The molecule has 4 nitrogen and oxygen atoms in total. The summed E-state index contributed by atoms with van der Waals surface area (Å²) in [7, 11) is 1.69. The Balaban J connectivity index is 1.83. The van der Waals surface area contributed by atoms with Crippen LogP contribution < -0.4 is 4.74 Å². The van der Waals surface area contributed by atoms with E-state index in [0.717, 1.165) is 22.4 Å². The molecule has 0 fully saturated rings. The number of carbonyl (C=O) groups excluding carboxylic acids is 1. The molecule has 2 unspecified atom stereocenters. The van der Waals surface area contributed by atoms with E-state index < -0.39 is 0 Å². The summed E-state index contributed by atoms with van der Waals surface area (Å²) in [6.07, 6.45) is 0.248. The Morgan fingerprint density at radius 2 is 1.43 bits per heavy atom. The minimum absolute atomic E-state index is 0.0584. The van der Waals surface area contributed by atoms with E-state index in [0.29, 0.717) is 13.2 Å². The second kappa shape index (κ2) is 12.9. The molecule has 0 radical (unpaired) electrons. The maximum absolute atomic E-state index is 12.9. The Hall–Kier alpha value is -3.89. The van der Waals surface area contributed by atoms with Crippen LogP contribution in [0.15, 0.2) is 109 Å². The largest absolute Gasteiger partial charge is 0.496 e. The maximum atomic E-state index is 12.9. The van der Waals surface area contributed by atoms with Crippen molar-refractivity contribution < 1.29 is 14.3 Å². The van der Waals surface area contributed by atoms with Crippen LogP contribution in [0.4, 0.5) is 0 Å². The van der Waals surface area contributed by atoms with Crippen LogP contribution in [0.3, 0.4) is 0 Å². The fourth-order valence-electron chi connectivity index (χ4n) is 4.81. The van der Waals surface area contributed by atoms with Crippen LogP contribution in [0.2, 0.25) is 0 Å². The number of carbonyl (C=O) groups is 1. The fourth-order valence-corrected chi connectivity index (χ4v) is 4.81.